The van der Waals surface area contributed by atoms with Crippen molar-refractivity contribution < 1.29 is 14.3 Å². The Bertz CT molecular complexity index is 1170. The van der Waals surface area contributed by atoms with Crippen LogP contribution >= 0.6 is 0 Å². The van der Waals surface area contributed by atoms with Crippen LogP contribution in [0.2, 0.25) is 0 Å². The van der Waals surface area contributed by atoms with E-state index in [-0.39, 0.29) is 28.9 Å². The molecule has 2 amide bonds. The smallest absolute Gasteiger partial charge is 0.407 e. The van der Waals surface area contributed by atoms with Crippen molar-refractivity contribution in [2.75, 3.05) is 5.32 Å². The van der Waals surface area contributed by atoms with Gasteiger partial charge in [0.2, 0.25) is 5.91 Å². The van der Waals surface area contributed by atoms with Gasteiger partial charge in [-0.1, -0.05) is 13.8 Å². The van der Waals surface area contributed by atoms with Crippen molar-refractivity contribution in [3.8, 4) is 17.2 Å². The number of carbonyl (C=O) groups is 2. The molecule has 0 bridgehead atoms. The van der Waals surface area contributed by atoms with E-state index in [1.165, 1.54) is 0 Å². The summed E-state index contributed by atoms with van der Waals surface area (Å²) in [6.07, 6.45) is 4.67. The molecule has 1 fully saturated rings. The standard InChI is InChI=1S/C27H35N5O3/c1-26(2,3)31-25(34)35-20-8-6-7-18(11-20)24(33)30-23-12-17(9-10-29-23)21-13-19(15-28)32-16-27(4,5)14-22(21)32/h9-10,12-13,18,20H,6-8,11,14,16H2,1-5H3,(H,31,34)(H,29,30,33)/t18-,20+/m0/s1. The summed E-state index contributed by atoms with van der Waals surface area (Å²) in [6.45, 7) is 10.9. The lowest BCUT2D eigenvalue weighted by Gasteiger charge is -2.29. The van der Waals surface area contributed by atoms with Crippen molar-refractivity contribution in [2.45, 2.75) is 84.9 Å². The Morgan fingerprint density at radius 1 is 1.26 bits per heavy atom. The first-order valence-corrected chi connectivity index (χ1v) is 12.3. The fourth-order valence-corrected chi connectivity index (χ4v) is 5.11. The van der Waals surface area contributed by atoms with Crippen molar-refractivity contribution in [2.24, 2.45) is 11.3 Å². The summed E-state index contributed by atoms with van der Waals surface area (Å²) in [5.74, 6) is 0.128. The number of pyridine rings is 1. The van der Waals surface area contributed by atoms with Crippen LogP contribution in [0, 0.1) is 22.7 Å². The van der Waals surface area contributed by atoms with Gasteiger partial charge in [-0.25, -0.2) is 9.78 Å². The van der Waals surface area contributed by atoms with Crippen LogP contribution in [0.5, 0.6) is 0 Å². The highest BCUT2D eigenvalue weighted by molar-refractivity contribution is 5.92. The number of nitrogens with zero attached hydrogens (tertiary/aromatic N) is 3. The van der Waals surface area contributed by atoms with E-state index in [2.05, 4.69) is 40.1 Å². The normalized spacial score (nSPS) is 21.0. The first kappa shape index (κ1) is 24.8. The van der Waals surface area contributed by atoms with Crippen LogP contribution in [0.25, 0.3) is 11.1 Å². The second-order valence-electron chi connectivity index (χ2n) is 11.6. The van der Waals surface area contributed by atoms with Crippen molar-refractivity contribution in [3.63, 3.8) is 0 Å². The lowest BCUT2D eigenvalue weighted by atomic mass is 9.86. The molecule has 1 aliphatic carbocycles. The maximum absolute atomic E-state index is 13.0. The molecule has 1 aliphatic heterocycles. The Balaban J connectivity index is 1.44. The first-order valence-electron chi connectivity index (χ1n) is 12.3. The molecule has 0 aromatic carbocycles. The minimum Gasteiger partial charge on any atom is -0.446 e. The molecule has 0 radical (unpaired) electrons. The van der Waals surface area contributed by atoms with Gasteiger partial charge in [-0.2, -0.15) is 5.26 Å². The van der Waals surface area contributed by atoms with E-state index in [1.54, 1.807) is 6.20 Å². The predicted molar refractivity (Wildman–Crippen MR) is 134 cm³/mol. The molecule has 3 heterocycles. The van der Waals surface area contributed by atoms with Gasteiger partial charge < -0.3 is 19.9 Å². The lowest BCUT2D eigenvalue weighted by Crippen LogP contribution is -2.43. The van der Waals surface area contributed by atoms with E-state index in [0.717, 1.165) is 49.0 Å². The number of nitriles is 1. The summed E-state index contributed by atoms with van der Waals surface area (Å²) in [4.78, 5) is 29.5. The minimum atomic E-state index is -0.446. The fraction of sp³-hybridized carbons (Fsp3) is 0.556. The average Bonchev–Trinajstić information content (AvgIpc) is 3.25. The zero-order valence-electron chi connectivity index (χ0n) is 21.3. The number of alkyl carbamates (subject to hydrolysis) is 1. The Morgan fingerprint density at radius 2 is 2.03 bits per heavy atom. The Hall–Kier alpha value is -3.34. The van der Waals surface area contributed by atoms with Crippen LogP contribution in [-0.2, 0) is 22.5 Å². The molecule has 2 aliphatic rings. The number of hydrogen-bond donors (Lipinski definition) is 2. The lowest BCUT2D eigenvalue weighted by molar-refractivity contribution is -0.122. The van der Waals surface area contributed by atoms with E-state index < -0.39 is 6.09 Å². The number of nitrogens with one attached hydrogen (secondary N) is 2. The number of anilines is 1. The molecule has 0 spiro atoms. The van der Waals surface area contributed by atoms with E-state index >= 15 is 0 Å². The molecule has 35 heavy (non-hydrogen) atoms. The summed E-state index contributed by atoms with van der Waals surface area (Å²) >= 11 is 0. The summed E-state index contributed by atoms with van der Waals surface area (Å²) in [6, 6.07) is 8.02. The van der Waals surface area contributed by atoms with Gasteiger partial charge >= 0.3 is 6.09 Å². The van der Waals surface area contributed by atoms with Gasteiger partial charge in [0.25, 0.3) is 0 Å². The predicted octanol–water partition coefficient (Wildman–Crippen LogP) is 5.03. The number of aromatic nitrogens is 2. The van der Waals surface area contributed by atoms with Crippen LogP contribution in [0.3, 0.4) is 0 Å². The Kier molecular flexibility index (Phi) is 6.63. The average molecular weight is 478 g/mol. The second-order valence-corrected chi connectivity index (χ2v) is 11.6. The molecule has 4 rings (SSSR count). The van der Waals surface area contributed by atoms with Crippen LogP contribution in [-0.4, -0.2) is 33.2 Å². The van der Waals surface area contributed by atoms with Crippen LogP contribution < -0.4 is 10.6 Å². The largest absolute Gasteiger partial charge is 0.446 e. The number of rotatable bonds is 4. The molecule has 8 heteroatoms. The van der Waals surface area contributed by atoms with Crippen molar-refractivity contribution in [1.29, 1.82) is 5.26 Å². The zero-order chi connectivity index (χ0) is 25.4. The minimum absolute atomic E-state index is 0.102. The van der Waals surface area contributed by atoms with Crippen molar-refractivity contribution >= 4 is 17.8 Å². The van der Waals surface area contributed by atoms with Crippen LogP contribution in [0.4, 0.5) is 10.6 Å². The summed E-state index contributed by atoms with van der Waals surface area (Å²) in [5, 5.41) is 15.4. The topological polar surface area (TPSA) is 109 Å². The van der Waals surface area contributed by atoms with E-state index in [9.17, 15) is 14.9 Å². The van der Waals surface area contributed by atoms with Gasteiger partial charge in [-0.15, -0.1) is 0 Å². The molecule has 8 nitrogen and oxygen atoms in total. The monoisotopic (exact) mass is 477 g/mol. The van der Waals surface area contributed by atoms with E-state index in [4.69, 9.17) is 4.74 Å². The maximum atomic E-state index is 13.0. The van der Waals surface area contributed by atoms with Gasteiger partial charge in [0, 0.05) is 35.5 Å². The van der Waals surface area contributed by atoms with Gasteiger partial charge in [-0.3, -0.25) is 4.79 Å². The molecular formula is C27H35N5O3. The fourth-order valence-electron chi connectivity index (χ4n) is 5.11. The summed E-state index contributed by atoms with van der Waals surface area (Å²) in [7, 11) is 0. The van der Waals surface area contributed by atoms with E-state index in [0.29, 0.717) is 17.9 Å². The quantitative estimate of drug-likeness (QED) is 0.642. The van der Waals surface area contributed by atoms with Crippen LogP contribution in [0.1, 0.15) is 71.7 Å². The SMILES string of the molecule is CC1(C)Cc2c(-c3ccnc(NC(=O)[C@H]4CCC[C@@H](OC(=O)NC(C)(C)C)C4)c3)cc(C#N)n2C1. The highest BCUT2D eigenvalue weighted by atomic mass is 16.6. The number of carbonyl (C=O) groups excluding carboxylic acids is 2. The van der Waals surface area contributed by atoms with Gasteiger partial charge in [-0.05, 0) is 82.1 Å². The maximum Gasteiger partial charge on any atom is 0.407 e. The van der Waals surface area contributed by atoms with Crippen molar-refractivity contribution in [3.05, 3.63) is 35.8 Å². The van der Waals surface area contributed by atoms with Gasteiger partial charge in [0.15, 0.2) is 0 Å². The molecule has 1 saturated carbocycles. The van der Waals surface area contributed by atoms with Crippen molar-refractivity contribution in [1.82, 2.24) is 14.9 Å². The molecule has 2 aromatic rings. The Labute approximate surface area is 207 Å². The highest BCUT2D eigenvalue weighted by Crippen LogP contribution is 2.40. The molecule has 0 saturated heterocycles. The Morgan fingerprint density at radius 3 is 2.74 bits per heavy atom. The number of ether oxygens (including phenoxy) is 1. The molecule has 2 atom stereocenters. The third kappa shape index (κ3) is 5.84. The van der Waals surface area contributed by atoms with Gasteiger partial charge in [0.1, 0.15) is 23.7 Å². The second kappa shape index (κ2) is 9.37. The third-order valence-corrected chi connectivity index (χ3v) is 6.63. The van der Waals surface area contributed by atoms with Crippen LogP contribution in [0.15, 0.2) is 24.4 Å². The summed E-state index contributed by atoms with van der Waals surface area (Å²) < 4.78 is 7.68. The number of fused-ring (bicyclic) bond motifs is 1. The number of hydrogen-bond acceptors (Lipinski definition) is 5. The highest BCUT2D eigenvalue weighted by Gasteiger charge is 2.33. The van der Waals surface area contributed by atoms with Gasteiger partial charge in [0.05, 0.1) is 0 Å². The molecule has 2 N–H and O–H groups in total. The molecular weight excluding hydrogens is 442 g/mol. The third-order valence-electron chi connectivity index (χ3n) is 6.63. The summed E-state index contributed by atoms with van der Waals surface area (Å²) in [5.41, 5.74) is 3.48. The number of amides is 2. The van der Waals surface area contributed by atoms with E-state index in [1.807, 2.05) is 39.0 Å². The first-order chi connectivity index (χ1) is 16.4. The molecule has 2 aromatic heterocycles. The molecule has 0 unspecified atom stereocenters. The zero-order valence-corrected chi connectivity index (χ0v) is 21.3. The molecule has 186 valence electrons.